The molecule has 8 heteroatoms. The van der Waals surface area contributed by atoms with Crippen molar-refractivity contribution in [3.05, 3.63) is 24.2 Å². The Morgan fingerprint density at radius 2 is 2.12 bits per heavy atom. The van der Waals surface area contributed by atoms with Crippen LogP contribution in [-0.2, 0) is 4.79 Å². The zero-order chi connectivity index (χ0) is 18.1. The molecule has 4 rings (SSSR count). The molecule has 2 saturated heterocycles. The van der Waals surface area contributed by atoms with Gasteiger partial charge in [0.15, 0.2) is 0 Å². The number of nitrogens with zero attached hydrogens (tertiary/aromatic N) is 5. The number of piperidine rings is 1. The topological polar surface area (TPSA) is 95.6 Å². The van der Waals surface area contributed by atoms with E-state index in [0.717, 1.165) is 24.5 Å². The maximum Gasteiger partial charge on any atom is 0.249 e. The van der Waals surface area contributed by atoms with Crippen LogP contribution in [0.2, 0.25) is 0 Å². The molecular formula is C18H23N5O3. The highest BCUT2D eigenvalue weighted by Gasteiger charge is 2.37. The van der Waals surface area contributed by atoms with Crippen LogP contribution in [0.5, 0.6) is 0 Å². The van der Waals surface area contributed by atoms with Crippen molar-refractivity contribution in [1.82, 2.24) is 20.0 Å². The molecule has 0 aromatic carbocycles. The largest absolute Gasteiger partial charge is 0.391 e. The Hall–Kier alpha value is -2.48. The fourth-order valence-corrected chi connectivity index (χ4v) is 3.74. The van der Waals surface area contributed by atoms with E-state index in [1.165, 1.54) is 26.2 Å². The summed E-state index contributed by atoms with van der Waals surface area (Å²) in [6.07, 6.45) is 5.25. The van der Waals surface area contributed by atoms with Gasteiger partial charge in [-0.05, 0) is 31.4 Å². The second kappa shape index (κ2) is 7.03. The Morgan fingerprint density at radius 1 is 1.31 bits per heavy atom. The summed E-state index contributed by atoms with van der Waals surface area (Å²) in [7, 11) is 0. The first-order valence-electron chi connectivity index (χ1n) is 9.12. The Labute approximate surface area is 151 Å². The molecule has 2 fully saturated rings. The van der Waals surface area contributed by atoms with Gasteiger partial charge in [0.25, 0.3) is 0 Å². The fraction of sp³-hybridized carbons (Fsp3) is 0.556. The maximum atomic E-state index is 11.8. The zero-order valence-corrected chi connectivity index (χ0v) is 14.8. The monoisotopic (exact) mass is 357 g/mol. The van der Waals surface area contributed by atoms with E-state index in [1.54, 1.807) is 11.1 Å². The molecule has 1 amide bonds. The second-order valence-corrected chi connectivity index (χ2v) is 6.98. The van der Waals surface area contributed by atoms with Gasteiger partial charge in [-0.25, -0.2) is 4.98 Å². The number of hydrogen-bond acceptors (Lipinski definition) is 7. The number of likely N-dealkylation sites (tertiary alicyclic amines) is 1. The van der Waals surface area contributed by atoms with E-state index < -0.39 is 6.10 Å². The van der Waals surface area contributed by atoms with Crippen LogP contribution in [0.4, 0.5) is 5.82 Å². The van der Waals surface area contributed by atoms with Gasteiger partial charge < -0.3 is 19.4 Å². The van der Waals surface area contributed by atoms with Crippen molar-refractivity contribution >= 4 is 11.7 Å². The summed E-state index contributed by atoms with van der Waals surface area (Å²) in [6, 6.07) is 3.47. The predicted molar refractivity (Wildman–Crippen MR) is 94.3 cm³/mol. The van der Waals surface area contributed by atoms with Gasteiger partial charge in [0.1, 0.15) is 11.9 Å². The van der Waals surface area contributed by atoms with E-state index >= 15 is 0 Å². The van der Waals surface area contributed by atoms with Crippen LogP contribution in [0.15, 0.2) is 22.9 Å². The van der Waals surface area contributed by atoms with Crippen molar-refractivity contribution in [2.45, 2.75) is 44.8 Å². The van der Waals surface area contributed by atoms with Gasteiger partial charge in [-0.15, -0.1) is 0 Å². The van der Waals surface area contributed by atoms with Gasteiger partial charge in [0.2, 0.25) is 17.6 Å². The molecule has 0 saturated carbocycles. The van der Waals surface area contributed by atoms with Gasteiger partial charge in [0.05, 0.1) is 6.10 Å². The van der Waals surface area contributed by atoms with Crippen LogP contribution in [0, 0.1) is 0 Å². The number of anilines is 1. The van der Waals surface area contributed by atoms with Crippen LogP contribution in [0.3, 0.4) is 0 Å². The van der Waals surface area contributed by atoms with Crippen molar-refractivity contribution in [2.24, 2.45) is 0 Å². The molecule has 0 radical (unpaired) electrons. The Morgan fingerprint density at radius 3 is 2.88 bits per heavy atom. The standard InChI is InChI=1S/C18H23N5O3/c1-12(24)23-11-14(25)10-15(23)18-20-17(21-26-18)13-5-6-19-16(9-13)22-7-3-2-4-8-22/h5-6,9,14-15,25H,2-4,7-8,10-11H2,1H3/t14-,15+/m0/s1. The van der Waals surface area contributed by atoms with Gasteiger partial charge in [-0.3, -0.25) is 4.79 Å². The summed E-state index contributed by atoms with van der Waals surface area (Å²) in [6.45, 7) is 3.81. The molecule has 0 bridgehead atoms. The summed E-state index contributed by atoms with van der Waals surface area (Å²) in [5.41, 5.74) is 0.837. The molecule has 2 aromatic rings. The van der Waals surface area contributed by atoms with Crippen LogP contribution in [-0.4, -0.2) is 56.8 Å². The molecule has 2 aliphatic rings. The summed E-state index contributed by atoms with van der Waals surface area (Å²) in [4.78, 5) is 24.6. The Kier molecular flexibility index (Phi) is 4.58. The SMILES string of the molecule is CC(=O)N1C[C@@H](O)C[C@@H]1c1nc(-c2ccnc(N3CCCCC3)c2)no1. The van der Waals surface area contributed by atoms with E-state index in [4.69, 9.17) is 4.52 Å². The molecule has 8 nitrogen and oxygen atoms in total. The normalized spacial score (nSPS) is 23.5. The molecule has 0 spiro atoms. The van der Waals surface area contributed by atoms with E-state index in [1.807, 2.05) is 12.1 Å². The predicted octanol–water partition coefficient (Wildman–Crippen LogP) is 1.78. The van der Waals surface area contributed by atoms with Crippen molar-refractivity contribution in [3.8, 4) is 11.4 Å². The lowest BCUT2D eigenvalue weighted by atomic mass is 10.1. The average molecular weight is 357 g/mol. The van der Waals surface area contributed by atoms with Gasteiger partial charge in [0, 0.05) is 44.7 Å². The third-order valence-corrected chi connectivity index (χ3v) is 5.09. The molecule has 0 unspecified atom stereocenters. The molecule has 26 heavy (non-hydrogen) atoms. The number of aliphatic hydroxyl groups is 1. The first-order chi connectivity index (χ1) is 12.6. The summed E-state index contributed by atoms with van der Waals surface area (Å²) < 4.78 is 5.42. The van der Waals surface area contributed by atoms with Crippen molar-refractivity contribution in [3.63, 3.8) is 0 Å². The number of aromatic nitrogens is 3. The molecule has 2 aliphatic heterocycles. The number of aliphatic hydroxyl groups excluding tert-OH is 1. The van der Waals surface area contributed by atoms with Crippen molar-refractivity contribution < 1.29 is 14.4 Å². The number of hydrogen-bond donors (Lipinski definition) is 1. The van der Waals surface area contributed by atoms with Crippen LogP contribution >= 0.6 is 0 Å². The first-order valence-corrected chi connectivity index (χ1v) is 9.12. The molecule has 138 valence electrons. The number of amides is 1. The maximum absolute atomic E-state index is 11.8. The Bertz CT molecular complexity index is 787. The summed E-state index contributed by atoms with van der Waals surface area (Å²) in [5.74, 6) is 1.66. The second-order valence-electron chi connectivity index (χ2n) is 6.98. The lowest BCUT2D eigenvalue weighted by molar-refractivity contribution is -0.130. The van der Waals surface area contributed by atoms with E-state index in [0.29, 0.717) is 24.7 Å². The highest BCUT2D eigenvalue weighted by Crippen LogP contribution is 2.32. The molecule has 0 aliphatic carbocycles. The zero-order valence-electron chi connectivity index (χ0n) is 14.8. The van der Waals surface area contributed by atoms with Gasteiger partial charge >= 0.3 is 0 Å². The number of carbonyl (C=O) groups excluding carboxylic acids is 1. The van der Waals surface area contributed by atoms with Crippen molar-refractivity contribution in [1.29, 1.82) is 0 Å². The van der Waals surface area contributed by atoms with Gasteiger partial charge in [-0.1, -0.05) is 5.16 Å². The van der Waals surface area contributed by atoms with Crippen molar-refractivity contribution in [2.75, 3.05) is 24.5 Å². The molecule has 4 heterocycles. The molecule has 2 atom stereocenters. The Balaban J connectivity index is 1.57. The quantitative estimate of drug-likeness (QED) is 0.894. The van der Waals surface area contributed by atoms with E-state index in [2.05, 4.69) is 20.0 Å². The lowest BCUT2D eigenvalue weighted by Crippen LogP contribution is -2.30. The molecular weight excluding hydrogens is 334 g/mol. The molecule has 1 N–H and O–H groups in total. The smallest absolute Gasteiger partial charge is 0.249 e. The highest BCUT2D eigenvalue weighted by molar-refractivity contribution is 5.74. The lowest BCUT2D eigenvalue weighted by Gasteiger charge is -2.27. The fourth-order valence-electron chi connectivity index (χ4n) is 3.74. The number of pyridine rings is 1. The van der Waals surface area contributed by atoms with Crippen LogP contribution < -0.4 is 4.90 Å². The number of carbonyl (C=O) groups is 1. The number of rotatable bonds is 3. The van der Waals surface area contributed by atoms with Crippen LogP contribution in [0.1, 0.15) is 44.5 Å². The minimum absolute atomic E-state index is 0.109. The van der Waals surface area contributed by atoms with Gasteiger partial charge in [-0.2, -0.15) is 4.98 Å². The first kappa shape index (κ1) is 17.0. The summed E-state index contributed by atoms with van der Waals surface area (Å²) in [5, 5.41) is 14.0. The number of β-amino-alcohol motifs (C(OH)–C–C–N with tert-alkyl or cyclic N) is 1. The minimum atomic E-state index is -0.564. The van der Waals surface area contributed by atoms with Crippen LogP contribution in [0.25, 0.3) is 11.4 Å². The highest BCUT2D eigenvalue weighted by atomic mass is 16.5. The summed E-state index contributed by atoms with van der Waals surface area (Å²) >= 11 is 0. The third-order valence-electron chi connectivity index (χ3n) is 5.09. The van der Waals surface area contributed by atoms with E-state index in [9.17, 15) is 9.90 Å². The van der Waals surface area contributed by atoms with E-state index in [-0.39, 0.29) is 11.9 Å². The third kappa shape index (κ3) is 3.29. The molecule has 2 aromatic heterocycles. The minimum Gasteiger partial charge on any atom is -0.391 e. The average Bonchev–Trinajstić information content (AvgIpc) is 3.29.